The van der Waals surface area contributed by atoms with E-state index in [1.54, 1.807) is 0 Å². The van der Waals surface area contributed by atoms with Crippen molar-refractivity contribution in [1.82, 2.24) is 0 Å². The molecule has 2 aromatic rings. The van der Waals surface area contributed by atoms with Gasteiger partial charge in [0.25, 0.3) is 0 Å². The van der Waals surface area contributed by atoms with Crippen LogP contribution in [0, 0.1) is 25.7 Å². The average Bonchev–Trinajstić information content (AvgIpc) is 2.75. The minimum absolute atomic E-state index is 0.168. The number of carbonyl (C=O) groups is 2. The Bertz CT molecular complexity index is 907. The van der Waals surface area contributed by atoms with Crippen molar-refractivity contribution < 1.29 is 9.59 Å². The highest BCUT2D eigenvalue weighted by atomic mass is 16.1. The highest BCUT2D eigenvalue weighted by molar-refractivity contribution is 5.88. The van der Waals surface area contributed by atoms with Gasteiger partial charge in [0.2, 0.25) is 0 Å². The van der Waals surface area contributed by atoms with Gasteiger partial charge in [0.15, 0.2) is 0 Å². The molecule has 0 radical (unpaired) electrons. The van der Waals surface area contributed by atoms with E-state index in [4.69, 9.17) is 0 Å². The van der Waals surface area contributed by atoms with E-state index in [1.807, 2.05) is 0 Å². The quantitative estimate of drug-likeness (QED) is 0.277. The van der Waals surface area contributed by atoms with Crippen molar-refractivity contribution in [3.63, 3.8) is 0 Å². The number of benzene rings is 2. The highest BCUT2D eigenvalue weighted by Gasteiger charge is 2.22. The van der Waals surface area contributed by atoms with Crippen molar-refractivity contribution in [2.24, 2.45) is 11.8 Å². The molecule has 0 saturated carbocycles. The van der Waals surface area contributed by atoms with E-state index >= 15 is 0 Å². The number of aldehydes is 1. The Morgan fingerprint density at radius 2 is 1.45 bits per heavy atom. The molecule has 0 heterocycles. The number of rotatable bonds is 14. The summed E-state index contributed by atoms with van der Waals surface area (Å²) in [5.74, 6) is 1.26. The van der Waals surface area contributed by atoms with E-state index < -0.39 is 0 Å². The minimum Gasteiger partial charge on any atom is -0.303 e. The van der Waals surface area contributed by atoms with Crippen LogP contribution in [0.25, 0.3) is 0 Å². The largest absolute Gasteiger partial charge is 0.303 e. The number of ketones is 1. The Labute approximate surface area is 202 Å². The van der Waals surface area contributed by atoms with Crippen LogP contribution in [0.1, 0.15) is 99.1 Å². The molecule has 0 aromatic heterocycles. The molecule has 0 aliphatic heterocycles. The van der Waals surface area contributed by atoms with Crippen LogP contribution >= 0.6 is 0 Å². The first-order valence-corrected chi connectivity index (χ1v) is 12.8. The van der Waals surface area contributed by atoms with Crippen molar-refractivity contribution in [3.05, 3.63) is 69.8 Å². The van der Waals surface area contributed by atoms with Gasteiger partial charge in [-0.15, -0.1) is 0 Å². The SMILES string of the molecule is Cc1cc(CCC(C)C)ccc1CCC(=O)C(CC=O)c1ccc(CCCC(C)C)cc1C. The summed E-state index contributed by atoms with van der Waals surface area (Å²) in [7, 11) is 0. The Morgan fingerprint density at radius 3 is 2.06 bits per heavy atom. The summed E-state index contributed by atoms with van der Waals surface area (Å²) in [5.41, 5.74) is 7.33. The highest BCUT2D eigenvalue weighted by Crippen LogP contribution is 2.27. The van der Waals surface area contributed by atoms with E-state index in [9.17, 15) is 9.59 Å². The summed E-state index contributed by atoms with van der Waals surface area (Å²) in [6.45, 7) is 13.2. The molecule has 0 N–H and O–H groups in total. The van der Waals surface area contributed by atoms with Crippen LogP contribution in [0.3, 0.4) is 0 Å². The van der Waals surface area contributed by atoms with Crippen LogP contribution in [-0.2, 0) is 28.9 Å². The fraction of sp³-hybridized carbons (Fsp3) is 0.548. The number of hydrogen-bond donors (Lipinski definition) is 0. The molecular weight excluding hydrogens is 404 g/mol. The third-order valence-corrected chi connectivity index (χ3v) is 6.74. The number of aryl methyl sites for hydroxylation is 5. The van der Waals surface area contributed by atoms with Crippen molar-refractivity contribution in [3.8, 4) is 0 Å². The first-order chi connectivity index (χ1) is 15.7. The molecule has 1 unspecified atom stereocenters. The van der Waals surface area contributed by atoms with Crippen molar-refractivity contribution >= 4 is 12.1 Å². The summed E-state index contributed by atoms with van der Waals surface area (Å²) < 4.78 is 0. The van der Waals surface area contributed by atoms with Gasteiger partial charge >= 0.3 is 0 Å². The van der Waals surface area contributed by atoms with Crippen LogP contribution < -0.4 is 0 Å². The predicted octanol–water partition coefficient (Wildman–Crippen LogP) is 7.75. The van der Waals surface area contributed by atoms with Crippen molar-refractivity contribution in [2.75, 3.05) is 0 Å². The fourth-order valence-corrected chi connectivity index (χ4v) is 4.61. The number of carbonyl (C=O) groups excluding carboxylic acids is 2. The van der Waals surface area contributed by atoms with Gasteiger partial charge in [-0.05, 0) is 91.2 Å². The molecule has 180 valence electrons. The zero-order chi connectivity index (χ0) is 24.4. The maximum absolute atomic E-state index is 13.2. The lowest BCUT2D eigenvalue weighted by Gasteiger charge is -2.18. The van der Waals surface area contributed by atoms with Crippen LogP contribution in [0.4, 0.5) is 0 Å². The maximum Gasteiger partial charge on any atom is 0.141 e. The summed E-state index contributed by atoms with van der Waals surface area (Å²) in [5, 5.41) is 0. The van der Waals surface area contributed by atoms with E-state index in [0.29, 0.717) is 12.3 Å². The number of Topliss-reactive ketones (excluding diaryl/α,β-unsaturated/α-hetero) is 1. The normalized spacial score (nSPS) is 12.4. The van der Waals surface area contributed by atoms with Gasteiger partial charge in [0.05, 0.1) is 0 Å². The molecule has 2 aromatic carbocycles. The van der Waals surface area contributed by atoms with Crippen LogP contribution in [0.5, 0.6) is 0 Å². The lowest BCUT2D eigenvalue weighted by Crippen LogP contribution is -2.16. The smallest absolute Gasteiger partial charge is 0.141 e. The fourth-order valence-electron chi connectivity index (χ4n) is 4.61. The molecule has 0 bridgehead atoms. The van der Waals surface area contributed by atoms with E-state index in [0.717, 1.165) is 42.6 Å². The second kappa shape index (κ2) is 13.5. The minimum atomic E-state index is -0.335. The maximum atomic E-state index is 13.2. The van der Waals surface area contributed by atoms with Crippen LogP contribution in [-0.4, -0.2) is 12.1 Å². The molecular formula is C31H44O2. The van der Waals surface area contributed by atoms with Gasteiger partial charge in [-0.2, -0.15) is 0 Å². The second-order valence-electron chi connectivity index (χ2n) is 10.6. The molecule has 0 aliphatic carbocycles. The topological polar surface area (TPSA) is 34.1 Å². The Morgan fingerprint density at radius 1 is 0.818 bits per heavy atom. The van der Waals surface area contributed by atoms with Crippen LogP contribution in [0.2, 0.25) is 0 Å². The van der Waals surface area contributed by atoms with Crippen molar-refractivity contribution in [2.45, 2.75) is 98.8 Å². The Balaban J connectivity index is 2.04. The van der Waals surface area contributed by atoms with Gasteiger partial charge in [-0.3, -0.25) is 4.79 Å². The lowest BCUT2D eigenvalue weighted by atomic mass is 9.85. The molecule has 2 nitrogen and oxygen atoms in total. The molecule has 1 atom stereocenters. The van der Waals surface area contributed by atoms with E-state index in [2.05, 4.69) is 77.9 Å². The van der Waals surface area contributed by atoms with E-state index in [-0.39, 0.29) is 18.1 Å². The average molecular weight is 449 g/mol. The molecule has 33 heavy (non-hydrogen) atoms. The molecule has 2 heteroatoms. The Kier molecular flexibility index (Phi) is 11.0. The molecule has 2 rings (SSSR count). The predicted molar refractivity (Wildman–Crippen MR) is 140 cm³/mol. The van der Waals surface area contributed by atoms with Gasteiger partial charge < -0.3 is 4.79 Å². The Hall–Kier alpha value is -2.22. The van der Waals surface area contributed by atoms with E-state index in [1.165, 1.54) is 41.5 Å². The third kappa shape index (κ3) is 8.91. The number of hydrogen-bond acceptors (Lipinski definition) is 2. The molecule has 0 saturated heterocycles. The standard InChI is InChI=1S/C31H44O2/c1-22(2)8-7-9-26-13-16-29(25(6)21-26)30(18-19-32)31(33)17-15-28-14-12-27(20-24(28)5)11-10-23(3)4/h12-14,16,19-23,30H,7-11,15,17-18H2,1-6H3. The zero-order valence-corrected chi connectivity index (χ0v) is 21.7. The van der Waals surface area contributed by atoms with Crippen LogP contribution in [0.15, 0.2) is 36.4 Å². The zero-order valence-electron chi connectivity index (χ0n) is 21.7. The summed E-state index contributed by atoms with van der Waals surface area (Å²) >= 11 is 0. The summed E-state index contributed by atoms with van der Waals surface area (Å²) in [6.07, 6.45) is 8.14. The molecule has 0 amide bonds. The molecule has 0 aliphatic rings. The van der Waals surface area contributed by atoms with Gasteiger partial charge in [0, 0.05) is 18.8 Å². The third-order valence-electron chi connectivity index (χ3n) is 6.74. The summed E-state index contributed by atoms with van der Waals surface area (Å²) in [6, 6.07) is 13.1. The molecule has 0 spiro atoms. The van der Waals surface area contributed by atoms with Gasteiger partial charge in [-0.25, -0.2) is 0 Å². The van der Waals surface area contributed by atoms with Crippen molar-refractivity contribution in [1.29, 1.82) is 0 Å². The molecule has 0 fully saturated rings. The monoisotopic (exact) mass is 448 g/mol. The first kappa shape index (κ1) is 27.0. The van der Waals surface area contributed by atoms with Gasteiger partial charge in [-0.1, -0.05) is 70.5 Å². The summed E-state index contributed by atoms with van der Waals surface area (Å²) in [4.78, 5) is 24.6. The first-order valence-electron chi connectivity index (χ1n) is 12.8. The lowest BCUT2D eigenvalue weighted by molar-refractivity contribution is -0.122. The van der Waals surface area contributed by atoms with Gasteiger partial charge in [0.1, 0.15) is 12.1 Å². The second-order valence-corrected chi connectivity index (χ2v) is 10.6.